The lowest BCUT2D eigenvalue weighted by molar-refractivity contribution is -0.529. The van der Waals surface area contributed by atoms with Crippen LogP contribution in [0, 0.1) is 10.1 Å². The third-order valence-electron chi connectivity index (χ3n) is 1.52. The summed E-state index contributed by atoms with van der Waals surface area (Å²) in [5.41, 5.74) is 0. The Morgan fingerprint density at radius 2 is 2.54 bits per heavy atom. The van der Waals surface area contributed by atoms with Gasteiger partial charge in [-0.05, 0) is 11.8 Å². The predicted molar refractivity (Wildman–Crippen MR) is 54.1 cm³/mol. The van der Waals surface area contributed by atoms with Gasteiger partial charge in [-0.25, -0.2) is 0 Å². The highest BCUT2D eigenvalue weighted by atomic mass is 35.5. The fraction of sp³-hybridized carbons (Fsp3) is 0.429. The van der Waals surface area contributed by atoms with Crippen LogP contribution in [0.3, 0.4) is 0 Å². The van der Waals surface area contributed by atoms with E-state index in [1.54, 1.807) is 0 Å². The van der Waals surface area contributed by atoms with Gasteiger partial charge in [0.25, 0.3) is 0 Å². The third-order valence-corrected chi connectivity index (χ3v) is 2.89. The van der Waals surface area contributed by atoms with Crippen LogP contribution in [-0.2, 0) is 0 Å². The molecule has 0 bridgehead atoms. The van der Waals surface area contributed by atoms with Gasteiger partial charge < -0.3 is 5.32 Å². The van der Waals surface area contributed by atoms with Crippen molar-refractivity contribution in [1.29, 1.82) is 0 Å². The molecular formula is C7H9ClN2O2S. The van der Waals surface area contributed by atoms with Crippen molar-refractivity contribution in [3.05, 3.63) is 33.5 Å². The number of nitrogens with one attached hydrogen (secondary N) is 1. The highest BCUT2D eigenvalue weighted by molar-refractivity contribution is 8.00. The zero-order chi connectivity index (χ0) is 9.90. The van der Waals surface area contributed by atoms with E-state index in [2.05, 4.69) is 5.32 Å². The number of hydrogen-bond acceptors (Lipinski definition) is 4. The molecule has 0 saturated carbocycles. The van der Waals surface area contributed by atoms with E-state index in [0.29, 0.717) is 10.8 Å². The zero-order valence-electron chi connectivity index (χ0n) is 6.99. The first-order chi connectivity index (χ1) is 6.10. The van der Waals surface area contributed by atoms with Gasteiger partial charge in [-0.3, -0.25) is 10.1 Å². The monoisotopic (exact) mass is 220 g/mol. The number of rotatable bonds is 3. The third kappa shape index (κ3) is 2.16. The summed E-state index contributed by atoms with van der Waals surface area (Å²) >= 11 is 6.84. The Bertz CT molecular complexity index is 280. The van der Waals surface area contributed by atoms with Gasteiger partial charge in [0.1, 0.15) is 0 Å². The lowest BCUT2D eigenvalue weighted by Gasteiger charge is -2.23. The number of thioether (sulfide) groups is 1. The van der Waals surface area contributed by atoms with Gasteiger partial charge in [0.15, 0.2) is 0 Å². The van der Waals surface area contributed by atoms with Crippen LogP contribution in [0.25, 0.3) is 0 Å². The van der Waals surface area contributed by atoms with Crippen LogP contribution < -0.4 is 5.32 Å². The first-order valence-electron chi connectivity index (χ1n) is 3.72. The van der Waals surface area contributed by atoms with Gasteiger partial charge in [0, 0.05) is 12.3 Å². The molecular weight excluding hydrogens is 212 g/mol. The van der Waals surface area contributed by atoms with E-state index in [0.717, 1.165) is 0 Å². The molecule has 1 heterocycles. The summed E-state index contributed by atoms with van der Waals surface area (Å²) in [6.07, 6.45) is 4.43. The highest BCUT2D eigenvalue weighted by Gasteiger charge is 2.40. The number of dihydropyridines is 1. The summed E-state index contributed by atoms with van der Waals surface area (Å²) in [4.78, 5) is 9.17. The van der Waals surface area contributed by atoms with Gasteiger partial charge in [-0.2, -0.15) is 0 Å². The first-order valence-corrected chi connectivity index (χ1v) is 5.08. The van der Waals surface area contributed by atoms with E-state index in [1.807, 2.05) is 6.92 Å². The van der Waals surface area contributed by atoms with Crippen LogP contribution in [-0.4, -0.2) is 15.7 Å². The smallest absolute Gasteiger partial charge is 0.314 e. The van der Waals surface area contributed by atoms with E-state index >= 15 is 0 Å². The van der Waals surface area contributed by atoms with E-state index < -0.39 is 4.99 Å². The SMILES string of the molecule is CCSC1([N+](=O)[O-])C=CC(Cl)=CN1. The molecule has 1 unspecified atom stereocenters. The second kappa shape index (κ2) is 4.02. The fourth-order valence-electron chi connectivity index (χ4n) is 0.937. The summed E-state index contributed by atoms with van der Waals surface area (Å²) in [7, 11) is 0. The second-order valence-corrected chi connectivity index (χ2v) is 4.32. The summed E-state index contributed by atoms with van der Waals surface area (Å²) < 4.78 is 0. The molecule has 1 N–H and O–H groups in total. The normalized spacial score (nSPS) is 26.5. The van der Waals surface area contributed by atoms with E-state index in [1.165, 1.54) is 30.1 Å². The average molecular weight is 221 g/mol. The van der Waals surface area contributed by atoms with Gasteiger partial charge >= 0.3 is 4.99 Å². The molecule has 0 aromatic carbocycles. The molecule has 1 aliphatic heterocycles. The molecule has 72 valence electrons. The fourth-order valence-corrected chi connectivity index (χ4v) is 1.91. The maximum atomic E-state index is 10.8. The molecule has 4 nitrogen and oxygen atoms in total. The maximum Gasteiger partial charge on any atom is 0.361 e. The maximum absolute atomic E-state index is 10.8. The molecule has 0 aromatic rings. The minimum atomic E-state index is -1.24. The molecule has 0 aliphatic carbocycles. The van der Waals surface area contributed by atoms with Gasteiger partial charge in [0.05, 0.1) is 9.96 Å². The Balaban J connectivity index is 2.84. The summed E-state index contributed by atoms with van der Waals surface area (Å²) in [5, 5.41) is 13.9. The average Bonchev–Trinajstić information content (AvgIpc) is 2.09. The van der Waals surface area contributed by atoms with Crippen molar-refractivity contribution in [2.75, 3.05) is 5.75 Å². The summed E-state index contributed by atoms with van der Waals surface area (Å²) in [6, 6.07) is 0. The molecule has 0 fully saturated rings. The van der Waals surface area contributed by atoms with Gasteiger partial charge in [0.2, 0.25) is 0 Å². The Morgan fingerprint density at radius 3 is 2.92 bits per heavy atom. The largest absolute Gasteiger partial charge is 0.361 e. The predicted octanol–water partition coefficient (Wildman–Crippen LogP) is 1.91. The van der Waals surface area contributed by atoms with Crippen LogP contribution in [0.5, 0.6) is 0 Å². The van der Waals surface area contributed by atoms with Crippen molar-refractivity contribution < 1.29 is 4.92 Å². The molecule has 0 aromatic heterocycles. The molecule has 0 amide bonds. The molecule has 0 spiro atoms. The van der Waals surface area contributed by atoms with Crippen LogP contribution in [0.1, 0.15) is 6.92 Å². The van der Waals surface area contributed by atoms with Crippen LogP contribution in [0.15, 0.2) is 23.4 Å². The number of halogens is 1. The zero-order valence-corrected chi connectivity index (χ0v) is 8.56. The molecule has 1 atom stereocenters. The molecule has 6 heteroatoms. The Labute approximate surface area is 85.2 Å². The molecule has 0 saturated heterocycles. The van der Waals surface area contributed by atoms with E-state index in [-0.39, 0.29) is 4.92 Å². The van der Waals surface area contributed by atoms with Crippen LogP contribution >= 0.6 is 23.4 Å². The van der Waals surface area contributed by atoms with Crippen LogP contribution in [0.4, 0.5) is 0 Å². The van der Waals surface area contributed by atoms with Crippen LogP contribution in [0.2, 0.25) is 0 Å². The molecule has 1 aliphatic rings. The Morgan fingerprint density at radius 1 is 1.85 bits per heavy atom. The van der Waals surface area contributed by atoms with Gasteiger partial charge in [-0.1, -0.05) is 30.3 Å². The van der Waals surface area contributed by atoms with Crippen molar-refractivity contribution in [3.63, 3.8) is 0 Å². The lowest BCUT2D eigenvalue weighted by atomic mass is 10.3. The highest BCUT2D eigenvalue weighted by Crippen LogP contribution is 2.28. The van der Waals surface area contributed by atoms with E-state index in [9.17, 15) is 10.1 Å². The van der Waals surface area contributed by atoms with Gasteiger partial charge in [-0.15, -0.1) is 0 Å². The Hall–Kier alpha value is -0.680. The number of allylic oxidation sites excluding steroid dienone is 2. The van der Waals surface area contributed by atoms with E-state index in [4.69, 9.17) is 11.6 Å². The van der Waals surface area contributed by atoms with Crippen molar-refractivity contribution in [2.45, 2.75) is 11.9 Å². The lowest BCUT2D eigenvalue weighted by Crippen LogP contribution is -2.46. The number of hydrogen-bond donors (Lipinski definition) is 1. The minimum Gasteiger partial charge on any atom is -0.314 e. The molecule has 1 rings (SSSR count). The topological polar surface area (TPSA) is 55.2 Å². The van der Waals surface area contributed by atoms with Crippen molar-refractivity contribution in [2.24, 2.45) is 0 Å². The molecule has 13 heavy (non-hydrogen) atoms. The second-order valence-electron chi connectivity index (χ2n) is 2.39. The number of nitro groups is 1. The first kappa shape index (κ1) is 10.4. The minimum absolute atomic E-state index is 0.364. The quantitative estimate of drug-likeness (QED) is 0.449. The standard InChI is InChI=1S/C7H9ClN2O2S/c1-2-13-7(10(11)12)4-3-6(8)5-9-7/h3-5,9H,2H2,1H3. The number of nitrogens with zero attached hydrogens (tertiary/aromatic N) is 1. The van der Waals surface area contributed by atoms with Crippen molar-refractivity contribution in [1.82, 2.24) is 5.32 Å². The molecule has 0 radical (unpaired) electrons. The summed E-state index contributed by atoms with van der Waals surface area (Å²) in [5.74, 6) is 0.657. The Kier molecular flexibility index (Phi) is 3.22. The van der Waals surface area contributed by atoms with Crippen molar-refractivity contribution >= 4 is 23.4 Å². The summed E-state index contributed by atoms with van der Waals surface area (Å²) in [6.45, 7) is 1.87. The van der Waals surface area contributed by atoms with Crippen molar-refractivity contribution in [3.8, 4) is 0 Å².